The quantitative estimate of drug-likeness (QED) is 0.662. The molecule has 1 N–H and O–H groups in total. The number of halogens is 5. The van der Waals surface area contributed by atoms with E-state index in [0.29, 0.717) is 6.20 Å². The molecule has 0 spiro atoms. The van der Waals surface area contributed by atoms with Gasteiger partial charge in [-0.25, -0.2) is 13.6 Å². The van der Waals surface area contributed by atoms with Crippen molar-refractivity contribution in [2.75, 3.05) is 7.11 Å². The van der Waals surface area contributed by atoms with E-state index in [-0.39, 0.29) is 0 Å². The number of aromatic amines is 1. The highest BCUT2D eigenvalue weighted by atomic mass is 19.4. The summed E-state index contributed by atoms with van der Waals surface area (Å²) in [5.74, 6) is -1.40. The molecule has 0 saturated carbocycles. The number of hydrogen-bond donors (Lipinski definition) is 1. The molecule has 0 aliphatic heterocycles. The van der Waals surface area contributed by atoms with Gasteiger partial charge in [-0.3, -0.25) is 4.79 Å². The first-order chi connectivity index (χ1) is 8.20. The third kappa shape index (κ3) is 2.49. The summed E-state index contributed by atoms with van der Waals surface area (Å²) in [6.07, 6.45) is -8.48. The molecule has 9 heteroatoms. The molecular weight excluding hydrogens is 265 g/mol. The number of rotatable bonds is 2. The number of carbonyl (C=O) groups excluding carboxylic acids is 1. The minimum atomic E-state index is -5.30. The van der Waals surface area contributed by atoms with Gasteiger partial charge in [-0.15, -0.1) is 0 Å². The molecular formula is C9H6F5NO3. The van der Waals surface area contributed by atoms with Gasteiger partial charge in [-0.05, 0) is 0 Å². The Balaban J connectivity index is 3.69. The van der Waals surface area contributed by atoms with E-state index in [9.17, 15) is 31.5 Å². The number of esters is 1. The van der Waals surface area contributed by atoms with Gasteiger partial charge in [0.25, 0.3) is 12.0 Å². The van der Waals surface area contributed by atoms with E-state index >= 15 is 0 Å². The zero-order chi connectivity index (χ0) is 14.1. The lowest BCUT2D eigenvalue weighted by molar-refractivity contribution is -0.140. The second-order valence-electron chi connectivity index (χ2n) is 3.11. The Morgan fingerprint density at radius 1 is 1.39 bits per heavy atom. The monoisotopic (exact) mass is 271 g/mol. The Morgan fingerprint density at radius 2 is 1.94 bits per heavy atom. The molecule has 0 atom stereocenters. The number of nitrogens with one attached hydrogen (secondary N) is 1. The van der Waals surface area contributed by atoms with E-state index in [1.807, 2.05) is 0 Å². The number of carbonyl (C=O) groups is 1. The molecule has 1 aromatic heterocycles. The Labute approximate surface area is 96.4 Å². The summed E-state index contributed by atoms with van der Waals surface area (Å²) in [7, 11) is 0.815. The van der Waals surface area contributed by atoms with Gasteiger partial charge < -0.3 is 9.72 Å². The number of H-pyrrole nitrogens is 1. The molecule has 0 fully saturated rings. The summed E-state index contributed by atoms with van der Waals surface area (Å²) in [6, 6.07) is 0. The van der Waals surface area contributed by atoms with Crippen LogP contribution in [0.1, 0.15) is 27.9 Å². The topological polar surface area (TPSA) is 59.2 Å². The van der Waals surface area contributed by atoms with E-state index < -0.39 is 40.8 Å². The predicted octanol–water partition coefficient (Wildman–Crippen LogP) is 2.12. The van der Waals surface area contributed by atoms with Crippen LogP contribution >= 0.6 is 0 Å². The van der Waals surface area contributed by atoms with Crippen molar-refractivity contribution in [2.24, 2.45) is 0 Å². The third-order valence-corrected chi connectivity index (χ3v) is 2.04. The lowest BCUT2D eigenvalue weighted by Gasteiger charge is -2.13. The Kier molecular flexibility index (Phi) is 3.73. The minimum Gasteiger partial charge on any atom is -0.465 e. The second-order valence-corrected chi connectivity index (χ2v) is 3.11. The van der Waals surface area contributed by atoms with Crippen molar-refractivity contribution in [2.45, 2.75) is 12.6 Å². The lowest BCUT2D eigenvalue weighted by atomic mass is 10.0. The maximum absolute atomic E-state index is 12.6. The Bertz CT molecular complexity index is 520. The molecule has 1 rings (SSSR count). The van der Waals surface area contributed by atoms with Crippen LogP contribution in [0.15, 0.2) is 11.0 Å². The SMILES string of the molecule is COC(=O)c1c[nH]c(=O)c(C(F)(F)F)c1C(F)F. The van der Waals surface area contributed by atoms with Crippen molar-refractivity contribution in [3.8, 4) is 0 Å². The number of ether oxygens (including phenoxy) is 1. The number of pyridine rings is 1. The van der Waals surface area contributed by atoms with E-state index in [2.05, 4.69) is 4.74 Å². The third-order valence-electron chi connectivity index (χ3n) is 2.04. The Morgan fingerprint density at radius 3 is 2.33 bits per heavy atom. The van der Waals surface area contributed by atoms with Gasteiger partial charge in [0.05, 0.1) is 18.2 Å². The van der Waals surface area contributed by atoms with Gasteiger partial charge in [-0.2, -0.15) is 13.2 Å². The predicted molar refractivity (Wildman–Crippen MR) is 48.4 cm³/mol. The highest BCUT2D eigenvalue weighted by Gasteiger charge is 2.41. The van der Waals surface area contributed by atoms with Gasteiger partial charge in [0.1, 0.15) is 5.56 Å². The maximum atomic E-state index is 12.6. The molecule has 1 aromatic rings. The number of aromatic nitrogens is 1. The zero-order valence-electron chi connectivity index (χ0n) is 8.77. The molecule has 4 nitrogen and oxygen atoms in total. The summed E-state index contributed by atoms with van der Waals surface area (Å²) >= 11 is 0. The molecule has 0 aliphatic carbocycles. The van der Waals surface area contributed by atoms with Crippen molar-refractivity contribution in [1.29, 1.82) is 0 Å². The molecule has 1 heterocycles. The molecule has 0 aliphatic rings. The average Bonchev–Trinajstić information content (AvgIpc) is 2.25. The van der Waals surface area contributed by atoms with Crippen LogP contribution in [0.5, 0.6) is 0 Å². The summed E-state index contributed by atoms with van der Waals surface area (Å²) in [6.45, 7) is 0. The maximum Gasteiger partial charge on any atom is 0.422 e. The van der Waals surface area contributed by atoms with Crippen LogP contribution in [-0.2, 0) is 10.9 Å². The summed E-state index contributed by atoms with van der Waals surface area (Å²) < 4.78 is 66.9. The standard InChI is InChI=1S/C9H6F5NO3/c1-18-8(17)3-2-15-7(16)5(9(12,13)14)4(3)6(10)11/h2,6H,1H3,(H,15,16). The van der Waals surface area contributed by atoms with Crippen molar-refractivity contribution in [3.05, 3.63) is 33.2 Å². The van der Waals surface area contributed by atoms with Gasteiger partial charge >= 0.3 is 12.1 Å². The largest absolute Gasteiger partial charge is 0.465 e. The lowest BCUT2D eigenvalue weighted by Crippen LogP contribution is -2.27. The molecule has 0 unspecified atom stereocenters. The highest BCUT2D eigenvalue weighted by Crippen LogP contribution is 2.35. The van der Waals surface area contributed by atoms with Gasteiger partial charge in [0.15, 0.2) is 0 Å². The fourth-order valence-electron chi connectivity index (χ4n) is 1.33. The molecule has 0 bridgehead atoms. The molecule has 0 saturated heterocycles. The van der Waals surface area contributed by atoms with Crippen LogP contribution in [0.2, 0.25) is 0 Å². The first-order valence-corrected chi connectivity index (χ1v) is 4.39. The van der Waals surface area contributed by atoms with E-state index in [1.165, 1.54) is 0 Å². The average molecular weight is 271 g/mol. The summed E-state index contributed by atoms with van der Waals surface area (Å²) in [5, 5.41) is 0. The molecule has 100 valence electrons. The van der Waals surface area contributed by atoms with Gasteiger partial charge in [0, 0.05) is 6.20 Å². The highest BCUT2D eigenvalue weighted by molar-refractivity contribution is 5.91. The van der Waals surface area contributed by atoms with E-state index in [0.717, 1.165) is 7.11 Å². The van der Waals surface area contributed by atoms with Crippen LogP contribution in [-0.4, -0.2) is 18.1 Å². The van der Waals surface area contributed by atoms with Crippen molar-refractivity contribution in [3.63, 3.8) is 0 Å². The van der Waals surface area contributed by atoms with Crippen molar-refractivity contribution < 1.29 is 31.5 Å². The first-order valence-electron chi connectivity index (χ1n) is 4.39. The van der Waals surface area contributed by atoms with Crippen LogP contribution in [0.4, 0.5) is 22.0 Å². The Hall–Kier alpha value is -1.93. The van der Waals surface area contributed by atoms with Crippen LogP contribution in [0.25, 0.3) is 0 Å². The number of alkyl halides is 5. The van der Waals surface area contributed by atoms with E-state index in [4.69, 9.17) is 0 Å². The smallest absolute Gasteiger partial charge is 0.422 e. The molecule has 18 heavy (non-hydrogen) atoms. The number of hydrogen-bond acceptors (Lipinski definition) is 3. The van der Waals surface area contributed by atoms with Gasteiger partial charge in [0.2, 0.25) is 0 Å². The van der Waals surface area contributed by atoms with Crippen molar-refractivity contribution in [1.82, 2.24) is 4.98 Å². The second kappa shape index (κ2) is 4.75. The molecule has 0 radical (unpaired) electrons. The minimum absolute atomic E-state index is 0.463. The summed E-state index contributed by atoms with van der Waals surface area (Å²) in [4.78, 5) is 23.7. The van der Waals surface area contributed by atoms with Crippen LogP contribution < -0.4 is 5.56 Å². The fraction of sp³-hybridized carbons (Fsp3) is 0.333. The summed E-state index contributed by atoms with van der Waals surface area (Å²) in [5.41, 5.74) is -6.55. The van der Waals surface area contributed by atoms with Crippen LogP contribution in [0.3, 0.4) is 0 Å². The zero-order valence-corrected chi connectivity index (χ0v) is 8.77. The van der Waals surface area contributed by atoms with Crippen LogP contribution in [0, 0.1) is 0 Å². The molecule has 0 amide bonds. The van der Waals surface area contributed by atoms with E-state index in [1.54, 1.807) is 4.98 Å². The van der Waals surface area contributed by atoms with Gasteiger partial charge in [-0.1, -0.05) is 0 Å². The normalized spacial score (nSPS) is 11.7. The first kappa shape index (κ1) is 14.1. The molecule has 0 aromatic carbocycles. The fourth-order valence-corrected chi connectivity index (χ4v) is 1.33. The van der Waals surface area contributed by atoms with Crippen molar-refractivity contribution >= 4 is 5.97 Å². The number of methoxy groups -OCH3 is 1.